The quantitative estimate of drug-likeness (QED) is 0.787. The van der Waals surface area contributed by atoms with E-state index in [2.05, 4.69) is 10.3 Å². The summed E-state index contributed by atoms with van der Waals surface area (Å²) in [4.78, 5) is 16.6. The van der Waals surface area contributed by atoms with Gasteiger partial charge in [-0.05, 0) is 30.7 Å². The molecule has 0 atom stereocenters. The zero-order chi connectivity index (χ0) is 14.9. The number of hydrogen-bond donors (Lipinski definition) is 1. The Hall–Kier alpha value is -2.88. The first kappa shape index (κ1) is 12.8. The number of carbonyl (C=O) groups is 1. The van der Waals surface area contributed by atoms with Gasteiger partial charge in [-0.3, -0.25) is 4.79 Å². The summed E-state index contributed by atoms with van der Waals surface area (Å²) >= 11 is 0. The maximum absolute atomic E-state index is 12.1. The number of nitrogens with one attached hydrogen (secondary N) is 1. The molecule has 4 rings (SSSR count). The van der Waals surface area contributed by atoms with Gasteiger partial charge in [0.25, 0.3) is 5.91 Å². The van der Waals surface area contributed by atoms with Crippen molar-refractivity contribution in [3.8, 4) is 11.5 Å². The SMILES string of the molecule is O=C1NCCc2c1nc1ccccc1c2Oc1ccccc1. The van der Waals surface area contributed by atoms with E-state index in [-0.39, 0.29) is 5.91 Å². The van der Waals surface area contributed by atoms with Crippen molar-refractivity contribution in [3.63, 3.8) is 0 Å². The molecule has 4 heteroatoms. The van der Waals surface area contributed by atoms with Crippen LogP contribution in [0.15, 0.2) is 54.6 Å². The Labute approximate surface area is 127 Å². The predicted molar refractivity (Wildman–Crippen MR) is 84.3 cm³/mol. The highest BCUT2D eigenvalue weighted by Crippen LogP contribution is 2.35. The van der Waals surface area contributed by atoms with Crippen molar-refractivity contribution in [1.82, 2.24) is 10.3 Å². The minimum Gasteiger partial charge on any atom is -0.456 e. The third kappa shape index (κ3) is 2.09. The van der Waals surface area contributed by atoms with Crippen molar-refractivity contribution in [2.45, 2.75) is 6.42 Å². The molecule has 2 aromatic carbocycles. The average molecular weight is 290 g/mol. The van der Waals surface area contributed by atoms with E-state index >= 15 is 0 Å². The summed E-state index contributed by atoms with van der Waals surface area (Å²) in [7, 11) is 0. The van der Waals surface area contributed by atoms with Crippen molar-refractivity contribution in [2.24, 2.45) is 0 Å². The number of carbonyl (C=O) groups excluding carboxylic acids is 1. The van der Waals surface area contributed by atoms with Gasteiger partial charge in [0.05, 0.1) is 5.52 Å². The van der Waals surface area contributed by atoms with E-state index < -0.39 is 0 Å². The van der Waals surface area contributed by atoms with E-state index in [1.807, 2.05) is 54.6 Å². The number of fused-ring (bicyclic) bond motifs is 2. The Morgan fingerprint density at radius 2 is 1.77 bits per heavy atom. The first-order valence-electron chi connectivity index (χ1n) is 7.25. The van der Waals surface area contributed by atoms with Crippen molar-refractivity contribution >= 4 is 16.8 Å². The Morgan fingerprint density at radius 1 is 1.00 bits per heavy atom. The number of pyridine rings is 1. The fourth-order valence-electron chi connectivity index (χ4n) is 2.75. The Balaban J connectivity index is 1.96. The number of ether oxygens (including phenoxy) is 1. The monoisotopic (exact) mass is 290 g/mol. The molecule has 0 unspecified atom stereocenters. The fourth-order valence-corrected chi connectivity index (χ4v) is 2.75. The summed E-state index contributed by atoms with van der Waals surface area (Å²) in [5.74, 6) is 1.36. The average Bonchev–Trinajstić information content (AvgIpc) is 2.57. The first-order chi connectivity index (χ1) is 10.8. The normalized spacial score (nSPS) is 13.5. The second-order valence-corrected chi connectivity index (χ2v) is 5.21. The number of rotatable bonds is 2. The van der Waals surface area contributed by atoms with E-state index in [1.165, 1.54) is 0 Å². The van der Waals surface area contributed by atoms with Crippen LogP contribution in [0.2, 0.25) is 0 Å². The lowest BCUT2D eigenvalue weighted by Crippen LogP contribution is -2.33. The molecule has 0 saturated heterocycles. The molecule has 2 heterocycles. The minimum absolute atomic E-state index is 0.134. The topological polar surface area (TPSA) is 51.2 Å². The molecule has 22 heavy (non-hydrogen) atoms. The molecule has 1 aliphatic heterocycles. The lowest BCUT2D eigenvalue weighted by molar-refractivity contribution is 0.0940. The van der Waals surface area contributed by atoms with Gasteiger partial charge in [0.15, 0.2) is 0 Å². The van der Waals surface area contributed by atoms with Crippen LogP contribution in [0.25, 0.3) is 10.9 Å². The van der Waals surface area contributed by atoms with Crippen molar-refractivity contribution in [1.29, 1.82) is 0 Å². The van der Waals surface area contributed by atoms with E-state index in [4.69, 9.17) is 4.74 Å². The van der Waals surface area contributed by atoms with Crippen LogP contribution < -0.4 is 10.1 Å². The maximum Gasteiger partial charge on any atom is 0.270 e. The van der Waals surface area contributed by atoms with Crippen molar-refractivity contribution in [3.05, 3.63) is 65.9 Å². The van der Waals surface area contributed by atoms with Crippen LogP contribution in [-0.2, 0) is 6.42 Å². The summed E-state index contributed by atoms with van der Waals surface area (Å²) in [5.41, 5.74) is 2.12. The second-order valence-electron chi connectivity index (χ2n) is 5.21. The zero-order valence-electron chi connectivity index (χ0n) is 11.9. The third-order valence-electron chi connectivity index (χ3n) is 3.78. The minimum atomic E-state index is -0.134. The molecular weight excluding hydrogens is 276 g/mol. The first-order valence-corrected chi connectivity index (χ1v) is 7.25. The molecule has 3 aromatic rings. The standard InChI is InChI=1S/C18H14N2O2/c21-18-16-14(10-11-19-18)17(22-12-6-2-1-3-7-12)13-8-4-5-9-15(13)20-16/h1-9H,10-11H2,(H,19,21). The molecule has 1 N–H and O–H groups in total. The van der Waals surface area contributed by atoms with Crippen LogP contribution in [0.5, 0.6) is 11.5 Å². The number of benzene rings is 2. The molecule has 4 nitrogen and oxygen atoms in total. The molecular formula is C18H14N2O2. The lowest BCUT2D eigenvalue weighted by atomic mass is 10.0. The molecule has 1 aromatic heterocycles. The third-order valence-corrected chi connectivity index (χ3v) is 3.78. The Morgan fingerprint density at radius 3 is 2.64 bits per heavy atom. The van der Waals surface area contributed by atoms with E-state index in [0.717, 1.165) is 34.4 Å². The second kappa shape index (κ2) is 5.15. The molecule has 0 fully saturated rings. The molecule has 0 spiro atoms. The molecule has 1 amide bonds. The van der Waals surface area contributed by atoms with Gasteiger partial charge in [0.1, 0.15) is 17.2 Å². The maximum atomic E-state index is 12.1. The fraction of sp³-hybridized carbons (Fsp3) is 0.111. The number of hydrogen-bond acceptors (Lipinski definition) is 3. The van der Waals surface area contributed by atoms with Gasteiger partial charge in [-0.2, -0.15) is 0 Å². The molecule has 0 radical (unpaired) electrons. The largest absolute Gasteiger partial charge is 0.456 e. The zero-order valence-corrected chi connectivity index (χ0v) is 11.9. The molecule has 1 aliphatic rings. The smallest absolute Gasteiger partial charge is 0.270 e. The summed E-state index contributed by atoms with van der Waals surface area (Å²) in [5, 5.41) is 3.77. The van der Waals surface area contributed by atoms with Gasteiger partial charge in [0.2, 0.25) is 0 Å². The number of amides is 1. The van der Waals surface area contributed by atoms with Crippen LogP contribution in [-0.4, -0.2) is 17.4 Å². The van der Waals surface area contributed by atoms with Gasteiger partial charge >= 0.3 is 0 Å². The number of para-hydroxylation sites is 2. The highest BCUT2D eigenvalue weighted by atomic mass is 16.5. The highest BCUT2D eigenvalue weighted by Gasteiger charge is 2.24. The molecule has 0 saturated carbocycles. The predicted octanol–water partition coefficient (Wildman–Crippen LogP) is 3.31. The summed E-state index contributed by atoms with van der Waals surface area (Å²) < 4.78 is 6.12. The van der Waals surface area contributed by atoms with E-state index in [9.17, 15) is 4.79 Å². The summed E-state index contributed by atoms with van der Waals surface area (Å²) in [6, 6.07) is 17.4. The van der Waals surface area contributed by atoms with Crippen LogP contribution in [0.3, 0.4) is 0 Å². The van der Waals surface area contributed by atoms with Gasteiger partial charge < -0.3 is 10.1 Å². The van der Waals surface area contributed by atoms with E-state index in [1.54, 1.807) is 0 Å². The van der Waals surface area contributed by atoms with Crippen LogP contribution in [0, 0.1) is 0 Å². The Bertz CT molecular complexity index is 860. The van der Waals surface area contributed by atoms with Crippen LogP contribution in [0.4, 0.5) is 0 Å². The van der Waals surface area contributed by atoms with Gasteiger partial charge in [-0.1, -0.05) is 30.3 Å². The summed E-state index contributed by atoms with van der Waals surface area (Å²) in [6.07, 6.45) is 0.723. The van der Waals surface area contributed by atoms with E-state index in [0.29, 0.717) is 12.2 Å². The van der Waals surface area contributed by atoms with Crippen LogP contribution >= 0.6 is 0 Å². The highest BCUT2D eigenvalue weighted by molar-refractivity contribution is 6.00. The molecule has 0 bridgehead atoms. The molecule has 108 valence electrons. The van der Waals surface area contributed by atoms with Crippen molar-refractivity contribution in [2.75, 3.05) is 6.54 Å². The van der Waals surface area contributed by atoms with Gasteiger partial charge in [-0.25, -0.2) is 4.98 Å². The molecule has 0 aliphatic carbocycles. The number of aromatic nitrogens is 1. The summed E-state index contributed by atoms with van der Waals surface area (Å²) in [6.45, 7) is 0.608. The lowest BCUT2D eigenvalue weighted by Gasteiger charge is -2.20. The van der Waals surface area contributed by atoms with Gasteiger partial charge in [-0.15, -0.1) is 0 Å². The van der Waals surface area contributed by atoms with Gasteiger partial charge in [0, 0.05) is 17.5 Å². The van der Waals surface area contributed by atoms with Crippen LogP contribution in [0.1, 0.15) is 16.1 Å². The number of nitrogens with zero attached hydrogens (tertiary/aromatic N) is 1. The van der Waals surface area contributed by atoms with Crippen molar-refractivity contribution < 1.29 is 9.53 Å². The Kier molecular flexibility index (Phi) is 3.00.